The number of ether oxygens (including phenoxy) is 1. The van der Waals surface area contributed by atoms with E-state index in [9.17, 15) is 4.79 Å². The predicted octanol–water partition coefficient (Wildman–Crippen LogP) is 0.694. The summed E-state index contributed by atoms with van der Waals surface area (Å²) in [5.41, 5.74) is 0. The van der Waals surface area contributed by atoms with Crippen molar-refractivity contribution in [2.24, 2.45) is 0 Å². The molecule has 2 unspecified atom stereocenters. The number of fused-ring (bicyclic) bond motifs is 2. The summed E-state index contributed by atoms with van der Waals surface area (Å²) in [6.45, 7) is 1.03. The maximum atomic E-state index is 10.8. The molecular formula is C8H11NO3. The van der Waals surface area contributed by atoms with Gasteiger partial charge in [-0.1, -0.05) is 12.2 Å². The molecule has 0 radical (unpaired) electrons. The van der Waals surface area contributed by atoms with Crippen LogP contribution in [0.3, 0.4) is 0 Å². The van der Waals surface area contributed by atoms with E-state index in [4.69, 9.17) is 9.84 Å². The third-order valence-corrected chi connectivity index (χ3v) is 2.34. The van der Waals surface area contributed by atoms with Gasteiger partial charge in [0.05, 0.1) is 25.3 Å². The zero-order valence-corrected chi connectivity index (χ0v) is 6.64. The van der Waals surface area contributed by atoms with Gasteiger partial charge in [0.25, 0.3) is 0 Å². The second-order valence-corrected chi connectivity index (χ2v) is 3.11. The lowest BCUT2D eigenvalue weighted by molar-refractivity contribution is -0.0267. The first-order chi connectivity index (χ1) is 5.79. The molecule has 1 fully saturated rings. The Balaban J connectivity index is 2.22. The summed E-state index contributed by atoms with van der Waals surface area (Å²) in [6.07, 6.45) is 3.89. The average molecular weight is 169 g/mol. The highest BCUT2D eigenvalue weighted by Gasteiger charge is 2.34. The minimum atomic E-state index is -0.836. The third-order valence-electron chi connectivity index (χ3n) is 2.34. The first-order valence-electron chi connectivity index (χ1n) is 4.04. The van der Waals surface area contributed by atoms with E-state index in [1.165, 1.54) is 4.90 Å². The lowest BCUT2D eigenvalue weighted by Crippen LogP contribution is -2.55. The second-order valence-electron chi connectivity index (χ2n) is 3.11. The zero-order valence-electron chi connectivity index (χ0n) is 6.64. The highest BCUT2D eigenvalue weighted by molar-refractivity contribution is 5.66. The van der Waals surface area contributed by atoms with Crippen LogP contribution in [0.15, 0.2) is 12.2 Å². The molecule has 4 heteroatoms. The summed E-state index contributed by atoms with van der Waals surface area (Å²) in [4.78, 5) is 12.3. The quantitative estimate of drug-likeness (QED) is 0.543. The van der Waals surface area contributed by atoms with Crippen LogP contribution in [0.4, 0.5) is 4.79 Å². The molecule has 66 valence electrons. The summed E-state index contributed by atoms with van der Waals surface area (Å²) in [5, 5.41) is 8.88. The van der Waals surface area contributed by atoms with Gasteiger partial charge in [-0.3, -0.25) is 4.90 Å². The molecular weight excluding hydrogens is 158 g/mol. The fraction of sp³-hybridized carbons (Fsp3) is 0.625. The summed E-state index contributed by atoms with van der Waals surface area (Å²) >= 11 is 0. The Kier molecular flexibility index (Phi) is 1.77. The fourth-order valence-corrected chi connectivity index (χ4v) is 1.78. The Hall–Kier alpha value is -1.03. The number of carbonyl (C=O) groups is 1. The molecule has 12 heavy (non-hydrogen) atoms. The lowest BCUT2D eigenvalue weighted by atomic mass is 10.0. The smallest absolute Gasteiger partial charge is 0.408 e. The molecule has 2 aliphatic heterocycles. The molecule has 2 rings (SSSR count). The van der Waals surface area contributed by atoms with E-state index in [0.29, 0.717) is 13.2 Å². The van der Waals surface area contributed by atoms with Crippen molar-refractivity contribution in [1.82, 2.24) is 4.90 Å². The summed E-state index contributed by atoms with van der Waals surface area (Å²) in [6, 6.07) is -0.0266. The van der Waals surface area contributed by atoms with Gasteiger partial charge in [-0.25, -0.2) is 4.79 Å². The van der Waals surface area contributed by atoms with Crippen molar-refractivity contribution in [3.8, 4) is 0 Å². The van der Waals surface area contributed by atoms with Gasteiger partial charge in [0.2, 0.25) is 0 Å². The molecule has 1 N–H and O–H groups in total. The molecule has 0 aromatic carbocycles. The van der Waals surface area contributed by atoms with Crippen LogP contribution >= 0.6 is 0 Å². The van der Waals surface area contributed by atoms with Gasteiger partial charge in [-0.05, 0) is 6.42 Å². The van der Waals surface area contributed by atoms with Crippen molar-refractivity contribution in [1.29, 1.82) is 0 Å². The Morgan fingerprint density at radius 3 is 3.00 bits per heavy atom. The summed E-state index contributed by atoms with van der Waals surface area (Å²) in [5.74, 6) is 0. The Labute approximate surface area is 70.4 Å². The number of carboxylic acid groups (broad SMARTS) is 1. The zero-order chi connectivity index (χ0) is 8.55. The maximum Gasteiger partial charge on any atom is 0.408 e. The van der Waals surface area contributed by atoms with Crippen LogP contribution in [0.5, 0.6) is 0 Å². The number of hydrogen-bond donors (Lipinski definition) is 1. The summed E-state index contributed by atoms with van der Waals surface area (Å²) in [7, 11) is 0. The van der Waals surface area contributed by atoms with Gasteiger partial charge in [0.15, 0.2) is 0 Å². The Bertz CT molecular complexity index is 226. The Morgan fingerprint density at radius 2 is 2.42 bits per heavy atom. The molecule has 1 saturated heterocycles. The van der Waals surface area contributed by atoms with Gasteiger partial charge in [-0.15, -0.1) is 0 Å². The monoisotopic (exact) mass is 169 g/mol. The number of hydrogen-bond acceptors (Lipinski definition) is 2. The van der Waals surface area contributed by atoms with Crippen LogP contribution < -0.4 is 0 Å². The molecule has 4 nitrogen and oxygen atoms in total. The average Bonchev–Trinajstić information content (AvgIpc) is 2.02. The summed E-state index contributed by atoms with van der Waals surface area (Å²) < 4.78 is 5.26. The molecule has 0 aliphatic carbocycles. The second kappa shape index (κ2) is 2.79. The molecule has 2 heterocycles. The molecule has 1 amide bonds. The van der Waals surface area contributed by atoms with Gasteiger partial charge in [0, 0.05) is 0 Å². The van der Waals surface area contributed by atoms with Gasteiger partial charge in [-0.2, -0.15) is 0 Å². The van der Waals surface area contributed by atoms with Crippen LogP contribution in [0.25, 0.3) is 0 Å². The SMILES string of the molecule is O=C(O)N1C2C=CCC1COC2. The highest BCUT2D eigenvalue weighted by Crippen LogP contribution is 2.22. The molecule has 0 spiro atoms. The number of rotatable bonds is 0. The molecule has 0 aromatic rings. The molecule has 0 saturated carbocycles. The van der Waals surface area contributed by atoms with Crippen LogP contribution in [-0.4, -0.2) is 41.4 Å². The molecule has 2 bridgehead atoms. The van der Waals surface area contributed by atoms with Crippen molar-refractivity contribution in [2.75, 3.05) is 13.2 Å². The number of morpholine rings is 1. The minimum absolute atomic E-state index is 0.0336. The first kappa shape index (κ1) is 7.61. The number of nitrogens with zero attached hydrogens (tertiary/aromatic N) is 1. The van der Waals surface area contributed by atoms with Gasteiger partial charge >= 0.3 is 6.09 Å². The molecule has 2 aliphatic rings. The van der Waals surface area contributed by atoms with Gasteiger partial charge < -0.3 is 9.84 Å². The van der Waals surface area contributed by atoms with Crippen LogP contribution in [0.2, 0.25) is 0 Å². The van der Waals surface area contributed by atoms with E-state index in [-0.39, 0.29) is 12.1 Å². The molecule has 2 atom stereocenters. The van der Waals surface area contributed by atoms with E-state index in [0.717, 1.165) is 6.42 Å². The predicted molar refractivity (Wildman–Crippen MR) is 42.0 cm³/mol. The van der Waals surface area contributed by atoms with Crippen LogP contribution in [0.1, 0.15) is 6.42 Å². The first-order valence-corrected chi connectivity index (χ1v) is 4.04. The topological polar surface area (TPSA) is 49.8 Å². The fourth-order valence-electron chi connectivity index (χ4n) is 1.78. The molecule has 0 aromatic heterocycles. The van der Waals surface area contributed by atoms with E-state index < -0.39 is 6.09 Å². The standard InChI is InChI=1S/C8H11NO3/c10-8(11)9-6-2-1-3-7(9)5-12-4-6/h1-2,6-7H,3-5H2,(H,10,11). The van der Waals surface area contributed by atoms with E-state index >= 15 is 0 Å². The normalized spacial score (nSPS) is 33.5. The van der Waals surface area contributed by atoms with Crippen molar-refractivity contribution in [2.45, 2.75) is 18.5 Å². The van der Waals surface area contributed by atoms with E-state index in [1.54, 1.807) is 0 Å². The van der Waals surface area contributed by atoms with Crippen molar-refractivity contribution in [3.05, 3.63) is 12.2 Å². The van der Waals surface area contributed by atoms with E-state index in [1.807, 2.05) is 12.2 Å². The van der Waals surface area contributed by atoms with Crippen molar-refractivity contribution < 1.29 is 14.6 Å². The van der Waals surface area contributed by atoms with Crippen LogP contribution in [-0.2, 0) is 4.74 Å². The maximum absolute atomic E-state index is 10.8. The van der Waals surface area contributed by atoms with Crippen molar-refractivity contribution >= 4 is 6.09 Å². The Morgan fingerprint density at radius 1 is 1.58 bits per heavy atom. The number of amides is 1. The lowest BCUT2D eigenvalue weighted by Gasteiger charge is -2.40. The van der Waals surface area contributed by atoms with Gasteiger partial charge in [0.1, 0.15) is 0 Å². The van der Waals surface area contributed by atoms with E-state index in [2.05, 4.69) is 0 Å². The largest absolute Gasteiger partial charge is 0.465 e. The van der Waals surface area contributed by atoms with Crippen molar-refractivity contribution in [3.63, 3.8) is 0 Å². The van der Waals surface area contributed by atoms with Crippen LogP contribution in [0, 0.1) is 0 Å². The third kappa shape index (κ3) is 1.08. The minimum Gasteiger partial charge on any atom is -0.465 e. The highest BCUT2D eigenvalue weighted by atomic mass is 16.5.